The molecule has 294 valence electrons. The van der Waals surface area contributed by atoms with Crippen molar-refractivity contribution in [2.45, 2.75) is 38.5 Å². The van der Waals surface area contributed by atoms with E-state index in [0.717, 1.165) is 50.0 Å². The third-order valence-electron chi connectivity index (χ3n) is 14.4. The summed E-state index contributed by atoms with van der Waals surface area (Å²) in [6.07, 6.45) is 0. The topological polar surface area (TPSA) is 16.4 Å². The lowest BCUT2D eigenvalue weighted by Crippen LogP contribution is -2.18. The quantitative estimate of drug-likeness (QED) is 0.165. The largest absolute Gasteiger partial charge is 0.455 e. The predicted octanol–water partition coefficient (Wildman–Crippen LogP) is 16.8. The molecule has 13 rings (SSSR count). The van der Waals surface area contributed by atoms with Gasteiger partial charge in [-0.25, -0.2) is 0 Å². The van der Waals surface area contributed by atoms with Gasteiger partial charge in [0.15, 0.2) is 0 Å². The maximum Gasteiger partial charge on any atom is 0.143 e. The van der Waals surface area contributed by atoms with Crippen molar-refractivity contribution >= 4 is 71.3 Å². The third-order valence-corrected chi connectivity index (χ3v) is 14.4. The first-order valence-corrected chi connectivity index (χ1v) is 21.8. The molecular weight excluding hydrogens is 751 g/mol. The van der Waals surface area contributed by atoms with Crippen molar-refractivity contribution in [2.24, 2.45) is 0 Å². The molecule has 0 spiro atoms. The first-order chi connectivity index (χ1) is 30.3. The summed E-state index contributed by atoms with van der Waals surface area (Å²) in [6.45, 7) is 9.49. The van der Waals surface area contributed by atoms with E-state index in [1.54, 1.807) is 0 Å². The van der Waals surface area contributed by atoms with Crippen molar-refractivity contribution in [1.29, 1.82) is 0 Å². The maximum absolute atomic E-state index is 7.19. The Hall–Kier alpha value is -7.42. The molecule has 0 unspecified atom stereocenters. The van der Waals surface area contributed by atoms with Crippen LogP contribution in [-0.4, -0.2) is 0 Å². The molecule has 0 N–H and O–H groups in total. The Kier molecular flexibility index (Phi) is 7.16. The summed E-state index contributed by atoms with van der Waals surface area (Å²) in [5, 5.41) is 9.47. The zero-order valence-electron chi connectivity index (χ0n) is 35.3. The molecule has 0 fully saturated rings. The number of nitrogens with zero attached hydrogens (tertiary/aromatic N) is 1. The Morgan fingerprint density at radius 3 is 1.48 bits per heavy atom. The Bertz CT molecular complexity index is 3600. The van der Waals surface area contributed by atoms with E-state index < -0.39 is 0 Å². The van der Waals surface area contributed by atoms with Gasteiger partial charge < -0.3 is 9.32 Å². The van der Waals surface area contributed by atoms with Crippen LogP contribution in [0.25, 0.3) is 87.6 Å². The summed E-state index contributed by atoms with van der Waals surface area (Å²) in [5.41, 5.74) is 17.8. The average Bonchev–Trinajstić information content (AvgIpc) is 3.88. The SMILES string of the molecule is CC1(C)c2ccccc2-c2ccc(N(c3ccc4c(c3)C(C)(C)c3ccccc3-4)c3cc4oc5c6ccccc6c6ccccc6c5c4cc3-c3cccc4ccccc34)cc21. The van der Waals surface area contributed by atoms with E-state index in [0.29, 0.717) is 0 Å². The Morgan fingerprint density at radius 2 is 0.839 bits per heavy atom. The van der Waals surface area contributed by atoms with Gasteiger partial charge in [0.2, 0.25) is 0 Å². The van der Waals surface area contributed by atoms with E-state index in [1.165, 1.54) is 77.0 Å². The minimum Gasteiger partial charge on any atom is -0.455 e. The fourth-order valence-electron chi connectivity index (χ4n) is 11.4. The van der Waals surface area contributed by atoms with Crippen molar-refractivity contribution in [3.8, 4) is 33.4 Å². The Labute approximate surface area is 361 Å². The lowest BCUT2D eigenvalue weighted by Gasteiger charge is -2.31. The zero-order valence-corrected chi connectivity index (χ0v) is 35.3. The van der Waals surface area contributed by atoms with Crippen LogP contribution in [0.15, 0.2) is 192 Å². The van der Waals surface area contributed by atoms with Gasteiger partial charge in [0.05, 0.1) is 5.69 Å². The summed E-state index contributed by atoms with van der Waals surface area (Å²) >= 11 is 0. The number of benzene rings is 10. The van der Waals surface area contributed by atoms with Gasteiger partial charge in [0.1, 0.15) is 11.2 Å². The van der Waals surface area contributed by atoms with Crippen molar-refractivity contribution in [3.05, 3.63) is 210 Å². The van der Waals surface area contributed by atoms with Crippen LogP contribution < -0.4 is 4.90 Å². The van der Waals surface area contributed by atoms with Gasteiger partial charge in [-0.15, -0.1) is 0 Å². The fraction of sp³-hybridized carbons (Fsp3) is 0.100. The van der Waals surface area contributed by atoms with Crippen molar-refractivity contribution < 1.29 is 4.42 Å². The van der Waals surface area contributed by atoms with Crippen LogP contribution in [0.2, 0.25) is 0 Å². The Morgan fingerprint density at radius 1 is 0.355 bits per heavy atom. The van der Waals surface area contributed by atoms with Gasteiger partial charge in [-0.05, 0) is 107 Å². The van der Waals surface area contributed by atoms with Crippen molar-refractivity contribution in [3.63, 3.8) is 0 Å². The van der Waals surface area contributed by atoms with Crippen LogP contribution in [0.4, 0.5) is 17.1 Å². The highest BCUT2D eigenvalue weighted by Gasteiger charge is 2.38. The Balaban J connectivity index is 1.16. The molecular formula is C60H43NO. The summed E-state index contributed by atoms with van der Waals surface area (Å²) in [7, 11) is 0. The maximum atomic E-state index is 7.19. The van der Waals surface area contributed by atoms with Crippen molar-refractivity contribution in [2.75, 3.05) is 4.90 Å². The van der Waals surface area contributed by atoms with E-state index >= 15 is 0 Å². The van der Waals surface area contributed by atoms with Gasteiger partial charge in [-0.3, -0.25) is 0 Å². The summed E-state index contributed by atoms with van der Waals surface area (Å²) in [6, 6.07) is 69.9. The van der Waals surface area contributed by atoms with E-state index in [1.807, 2.05) is 0 Å². The van der Waals surface area contributed by atoms with E-state index in [2.05, 4.69) is 221 Å². The van der Waals surface area contributed by atoms with E-state index in [-0.39, 0.29) is 10.8 Å². The highest BCUT2D eigenvalue weighted by atomic mass is 16.3. The molecule has 2 heteroatoms. The second kappa shape index (κ2) is 12.6. The number of fused-ring (bicyclic) bond motifs is 15. The number of hydrogen-bond donors (Lipinski definition) is 0. The summed E-state index contributed by atoms with van der Waals surface area (Å²) < 4.78 is 7.19. The molecule has 0 saturated heterocycles. The first kappa shape index (κ1) is 35.3. The predicted molar refractivity (Wildman–Crippen MR) is 261 cm³/mol. The lowest BCUT2D eigenvalue weighted by molar-refractivity contribution is 0.660. The van der Waals surface area contributed by atoms with Gasteiger partial charge in [0.25, 0.3) is 0 Å². The van der Waals surface area contributed by atoms with Crippen LogP contribution in [0.5, 0.6) is 0 Å². The molecule has 0 aliphatic heterocycles. The summed E-state index contributed by atoms with van der Waals surface area (Å²) in [5.74, 6) is 0. The number of hydrogen-bond acceptors (Lipinski definition) is 2. The lowest BCUT2D eigenvalue weighted by atomic mass is 9.82. The van der Waals surface area contributed by atoms with Gasteiger partial charge in [-0.1, -0.05) is 179 Å². The average molecular weight is 794 g/mol. The molecule has 11 aromatic rings. The van der Waals surface area contributed by atoms with Crippen LogP contribution in [-0.2, 0) is 10.8 Å². The second-order valence-electron chi connectivity index (χ2n) is 18.4. The molecule has 0 bridgehead atoms. The molecule has 1 aromatic heterocycles. The molecule has 10 aromatic carbocycles. The van der Waals surface area contributed by atoms with Crippen LogP contribution >= 0.6 is 0 Å². The minimum absolute atomic E-state index is 0.168. The standard InChI is InChI=1S/C60H43NO/c1-59(2)51-26-13-11-21-43(51)45-30-28-37(32-53(45)59)61(38-29-31-46-44-22-12-14-27-52(44)60(3,4)54(46)33-38)55-35-56-50(34-49(55)40-25-15-17-36-16-5-6-18-39(36)40)57-47-23-9-7-19-41(47)42-20-8-10-24-48(42)58(57)62-56/h5-35H,1-4H3. The van der Waals surface area contributed by atoms with Gasteiger partial charge in [-0.2, -0.15) is 0 Å². The molecule has 2 aliphatic rings. The monoisotopic (exact) mass is 793 g/mol. The fourth-order valence-corrected chi connectivity index (χ4v) is 11.4. The molecule has 1 heterocycles. The van der Waals surface area contributed by atoms with Crippen molar-refractivity contribution in [1.82, 2.24) is 0 Å². The highest BCUT2D eigenvalue weighted by Crippen LogP contribution is 2.55. The van der Waals surface area contributed by atoms with Gasteiger partial charge in [0, 0.05) is 50.0 Å². The number of anilines is 3. The molecule has 2 nitrogen and oxygen atoms in total. The normalized spacial score (nSPS) is 14.4. The van der Waals surface area contributed by atoms with Crippen LogP contribution in [0.3, 0.4) is 0 Å². The smallest absolute Gasteiger partial charge is 0.143 e. The number of furan rings is 1. The molecule has 62 heavy (non-hydrogen) atoms. The first-order valence-electron chi connectivity index (χ1n) is 21.8. The minimum atomic E-state index is -0.168. The molecule has 0 atom stereocenters. The molecule has 0 radical (unpaired) electrons. The van der Waals surface area contributed by atoms with Crippen LogP contribution in [0.1, 0.15) is 49.9 Å². The molecule has 2 aliphatic carbocycles. The number of rotatable bonds is 4. The zero-order chi connectivity index (χ0) is 41.5. The van der Waals surface area contributed by atoms with Crippen LogP contribution in [0, 0.1) is 0 Å². The second-order valence-corrected chi connectivity index (χ2v) is 18.4. The summed E-state index contributed by atoms with van der Waals surface area (Å²) in [4.78, 5) is 2.51. The van der Waals surface area contributed by atoms with E-state index in [9.17, 15) is 0 Å². The highest BCUT2D eigenvalue weighted by molar-refractivity contribution is 6.31. The molecule has 0 saturated carbocycles. The third kappa shape index (κ3) is 4.75. The van der Waals surface area contributed by atoms with Gasteiger partial charge >= 0.3 is 0 Å². The molecule has 0 amide bonds. The van der Waals surface area contributed by atoms with E-state index in [4.69, 9.17) is 4.42 Å².